The Morgan fingerprint density at radius 1 is 1.19 bits per heavy atom. The van der Waals surface area contributed by atoms with Gasteiger partial charge < -0.3 is 9.88 Å². The smallest absolute Gasteiger partial charge is 0.269 e. The molecule has 2 heterocycles. The number of nitro benzene ring substituents is 1. The van der Waals surface area contributed by atoms with Crippen LogP contribution in [0.4, 0.5) is 11.4 Å². The minimum Gasteiger partial charge on any atom is -0.321 e. The fourth-order valence-electron chi connectivity index (χ4n) is 2.39. The molecule has 1 N–H and O–H groups in total. The number of carbonyl (C=O) groups is 1. The summed E-state index contributed by atoms with van der Waals surface area (Å²) < 4.78 is 1.33. The van der Waals surface area contributed by atoms with Gasteiger partial charge in [0, 0.05) is 30.6 Å². The van der Waals surface area contributed by atoms with E-state index >= 15 is 0 Å². The summed E-state index contributed by atoms with van der Waals surface area (Å²) in [6.07, 6.45) is 4.53. The lowest BCUT2D eigenvalue weighted by molar-refractivity contribution is -0.384. The lowest BCUT2D eigenvalue weighted by Crippen LogP contribution is -2.22. The maximum atomic E-state index is 12.3. The molecule has 130 valence electrons. The van der Waals surface area contributed by atoms with Crippen LogP contribution in [0, 0.1) is 10.1 Å². The number of pyridine rings is 2. The van der Waals surface area contributed by atoms with Gasteiger partial charge in [-0.25, -0.2) is 0 Å². The van der Waals surface area contributed by atoms with Crippen LogP contribution in [0.1, 0.15) is 15.9 Å². The molecule has 0 aliphatic carbocycles. The van der Waals surface area contributed by atoms with Crippen molar-refractivity contribution in [2.45, 2.75) is 6.54 Å². The average molecular weight is 350 g/mol. The predicted molar refractivity (Wildman–Crippen MR) is 95.1 cm³/mol. The van der Waals surface area contributed by atoms with Crippen molar-refractivity contribution in [1.29, 1.82) is 0 Å². The number of benzene rings is 1. The van der Waals surface area contributed by atoms with Crippen molar-refractivity contribution in [3.05, 3.63) is 98.7 Å². The van der Waals surface area contributed by atoms with E-state index in [1.54, 1.807) is 30.5 Å². The average Bonchev–Trinajstić information content (AvgIpc) is 2.64. The molecule has 1 amide bonds. The van der Waals surface area contributed by atoms with Gasteiger partial charge in [-0.15, -0.1) is 0 Å². The molecule has 3 rings (SSSR count). The molecule has 8 heteroatoms. The molecule has 0 radical (unpaired) electrons. The van der Waals surface area contributed by atoms with Crippen molar-refractivity contribution in [3.8, 4) is 0 Å². The summed E-state index contributed by atoms with van der Waals surface area (Å²) in [7, 11) is 0. The number of nitrogens with one attached hydrogen (secondary N) is 1. The SMILES string of the molecule is O=C(Nc1cccnc1)c1ccc(=O)n(Cc2cccc([N+](=O)[O-])c2)c1. The van der Waals surface area contributed by atoms with Crippen molar-refractivity contribution >= 4 is 17.3 Å². The largest absolute Gasteiger partial charge is 0.321 e. The molecule has 26 heavy (non-hydrogen) atoms. The first-order valence-electron chi connectivity index (χ1n) is 7.68. The first kappa shape index (κ1) is 17.0. The number of nitrogens with zero attached hydrogens (tertiary/aromatic N) is 3. The zero-order valence-corrected chi connectivity index (χ0v) is 13.5. The summed E-state index contributed by atoms with van der Waals surface area (Å²) in [5, 5.41) is 13.6. The number of carbonyl (C=O) groups excluding carboxylic acids is 1. The summed E-state index contributed by atoms with van der Waals surface area (Å²) in [5.74, 6) is -0.384. The number of amides is 1. The number of nitro groups is 1. The van der Waals surface area contributed by atoms with Gasteiger partial charge in [-0.05, 0) is 23.8 Å². The number of rotatable bonds is 5. The van der Waals surface area contributed by atoms with Crippen LogP contribution in [0.25, 0.3) is 0 Å². The number of non-ortho nitro benzene ring substituents is 1. The third-order valence-electron chi connectivity index (χ3n) is 3.64. The second kappa shape index (κ2) is 7.39. The number of hydrogen-bond donors (Lipinski definition) is 1. The Balaban J connectivity index is 1.84. The van der Waals surface area contributed by atoms with Crippen LogP contribution in [-0.4, -0.2) is 20.4 Å². The molecule has 0 aliphatic rings. The summed E-state index contributed by atoms with van der Waals surface area (Å²) in [4.78, 5) is 38.7. The van der Waals surface area contributed by atoms with Crippen molar-refractivity contribution < 1.29 is 9.72 Å². The predicted octanol–water partition coefficient (Wildman–Crippen LogP) is 2.45. The summed E-state index contributed by atoms with van der Waals surface area (Å²) in [6.45, 7) is 0.120. The van der Waals surface area contributed by atoms with Crippen LogP contribution < -0.4 is 10.9 Å². The van der Waals surface area contributed by atoms with Gasteiger partial charge in [-0.3, -0.25) is 24.7 Å². The van der Waals surface area contributed by atoms with Crippen molar-refractivity contribution in [3.63, 3.8) is 0 Å². The molecule has 3 aromatic rings. The van der Waals surface area contributed by atoms with E-state index in [1.807, 2.05) is 0 Å². The third kappa shape index (κ3) is 3.99. The number of hydrogen-bond acceptors (Lipinski definition) is 5. The van der Waals surface area contributed by atoms with Gasteiger partial charge in [-0.1, -0.05) is 12.1 Å². The van der Waals surface area contributed by atoms with Crippen LogP contribution in [0.3, 0.4) is 0 Å². The second-order valence-electron chi connectivity index (χ2n) is 5.51. The van der Waals surface area contributed by atoms with Crippen LogP contribution >= 0.6 is 0 Å². The quantitative estimate of drug-likeness (QED) is 0.562. The van der Waals surface area contributed by atoms with Gasteiger partial charge in [0.1, 0.15) is 0 Å². The van der Waals surface area contributed by atoms with Gasteiger partial charge in [0.15, 0.2) is 0 Å². The summed E-state index contributed by atoms with van der Waals surface area (Å²) >= 11 is 0. The van der Waals surface area contributed by atoms with Crippen LogP contribution in [-0.2, 0) is 6.54 Å². The Morgan fingerprint density at radius 2 is 2.04 bits per heavy atom. The molecule has 0 bridgehead atoms. The number of anilines is 1. The van der Waals surface area contributed by atoms with E-state index in [2.05, 4.69) is 10.3 Å². The maximum Gasteiger partial charge on any atom is 0.269 e. The second-order valence-corrected chi connectivity index (χ2v) is 5.51. The van der Waals surface area contributed by atoms with Crippen LogP contribution in [0.5, 0.6) is 0 Å². The molecular weight excluding hydrogens is 336 g/mol. The molecule has 0 spiro atoms. The molecule has 0 saturated heterocycles. The maximum absolute atomic E-state index is 12.3. The van der Waals surface area contributed by atoms with Gasteiger partial charge in [0.2, 0.25) is 0 Å². The highest BCUT2D eigenvalue weighted by Crippen LogP contribution is 2.14. The van der Waals surface area contributed by atoms with Gasteiger partial charge >= 0.3 is 0 Å². The van der Waals surface area contributed by atoms with Gasteiger partial charge in [-0.2, -0.15) is 0 Å². The molecule has 0 saturated carbocycles. The highest BCUT2D eigenvalue weighted by atomic mass is 16.6. The molecule has 2 aromatic heterocycles. The molecule has 0 aliphatic heterocycles. The minimum atomic E-state index is -0.496. The zero-order valence-electron chi connectivity index (χ0n) is 13.5. The highest BCUT2D eigenvalue weighted by Gasteiger charge is 2.10. The fourth-order valence-corrected chi connectivity index (χ4v) is 2.39. The Hall–Kier alpha value is -3.81. The third-order valence-corrected chi connectivity index (χ3v) is 3.64. The lowest BCUT2D eigenvalue weighted by atomic mass is 10.2. The standard InChI is InChI=1S/C18H14N4O4/c23-17-7-6-14(18(24)20-15-4-2-8-19-10-15)12-21(17)11-13-3-1-5-16(9-13)22(25)26/h1-10,12H,11H2,(H,20,24). The van der Waals surface area contributed by atoms with E-state index in [0.717, 1.165) is 0 Å². The van der Waals surface area contributed by atoms with E-state index in [1.165, 1.54) is 41.2 Å². The normalized spacial score (nSPS) is 10.3. The molecule has 1 aromatic carbocycles. The Kier molecular flexibility index (Phi) is 4.84. The van der Waals surface area contributed by atoms with Crippen LogP contribution in [0.15, 0.2) is 71.9 Å². The van der Waals surface area contributed by atoms with E-state index in [0.29, 0.717) is 16.8 Å². The van der Waals surface area contributed by atoms with Crippen molar-refractivity contribution in [2.24, 2.45) is 0 Å². The van der Waals surface area contributed by atoms with E-state index in [9.17, 15) is 19.7 Å². The van der Waals surface area contributed by atoms with Gasteiger partial charge in [0.25, 0.3) is 17.2 Å². The summed E-state index contributed by atoms with van der Waals surface area (Å²) in [6, 6.07) is 12.1. The highest BCUT2D eigenvalue weighted by molar-refractivity contribution is 6.03. The lowest BCUT2D eigenvalue weighted by Gasteiger charge is -2.09. The molecule has 0 atom stereocenters. The number of aromatic nitrogens is 2. The topological polar surface area (TPSA) is 107 Å². The Bertz CT molecular complexity index is 1010. The van der Waals surface area contributed by atoms with Crippen LogP contribution in [0.2, 0.25) is 0 Å². The molecule has 0 unspecified atom stereocenters. The monoisotopic (exact) mass is 350 g/mol. The van der Waals surface area contributed by atoms with E-state index in [-0.39, 0.29) is 23.7 Å². The fraction of sp³-hybridized carbons (Fsp3) is 0.0556. The zero-order chi connectivity index (χ0) is 18.5. The molecular formula is C18H14N4O4. The molecule has 0 fully saturated rings. The first-order chi connectivity index (χ1) is 12.5. The Morgan fingerprint density at radius 3 is 2.77 bits per heavy atom. The summed E-state index contributed by atoms with van der Waals surface area (Å²) in [5.41, 5.74) is 1.05. The first-order valence-corrected chi connectivity index (χ1v) is 7.68. The molecule has 8 nitrogen and oxygen atoms in total. The van der Waals surface area contributed by atoms with E-state index < -0.39 is 4.92 Å². The van der Waals surface area contributed by atoms with E-state index in [4.69, 9.17) is 0 Å². The van der Waals surface area contributed by atoms with Crippen molar-refractivity contribution in [2.75, 3.05) is 5.32 Å². The van der Waals surface area contributed by atoms with Gasteiger partial charge in [0.05, 0.1) is 28.9 Å². The minimum absolute atomic E-state index is 0.0546. The Labute approximate surface area is 147 Å². The van der Waals surface area contributed by atoms with Crippen molar-refractivity contribution in [1.82, 2.24) is 9.55 Å².